The molecule has 1 fully saturated rings. The van der Waals surface area contributed by atoms with E-state index in [1.54, 1.807) is 0 Å². The summed E-state index contributed by atoms with van der Waals surface area (Å²) < 4.78 is 1.25. The monoisotopic (exact) mass is 344 g/mol. The molecule has 2 rings (SSSR count). The Bertz CT molecular complexity index is 391. The molecule has 0 aliphatic carbocycles. The van der Waals surface area contributed by atoms with Crippen molar-refractivity contribution in [2.45, 2.75) is 45.7 Å². The van der Waals surface area contributed by atoms with E-state index in [1.807, 2.05) is 11.3 Å². The Kier molecular flexibility index (Phi) is 5.87. The molecule has 1 N–H and O–H groups in total. The van der Waals surface area contributed by atoms with Gasteiger partial charge in [-0.1, -0.05) is 20.8 Å². The van der Waals surface area contributed by atoms with Crippen molar-refractivity contribution in [2.75, 3.05) is 19.6 Å². The van der Waals surface area contributed by atoms with Gasteiger partial charge in [0.2, 0.25) is 0 Å². The molecule has 2 unspecified atom stereocenters. The smallest absolute Gasteiger partial charge is 0.0701 e. The van der Waals surface area contributed by atoms with Crippen LogP contribution in [0.25, 0.3) is 0 Å². The maximum absolute atomic E-state index is 3.69. The first-order valence-corrected chi connectivity index (χ1v) is 8.92. The molecular weight excluding hydrogens is 320 g/mol. The number of hydrogen-bond acceptors (Lipinski definition) is 3. The van der Waals surface area contributed by atoms with E-state index in [4.69, 9.17) is 0 Å². The van der Waals surface area contributed by atoms with Gasteiger partial charge in [-0.3, -0.25) is 4.90 Å². The van der Waals surface area contributed by atoms with Gasteiger partial charge in [0.15, 0.2) is 0 Å². The number of hydrogen-bond donors (Lipinski definition) is 1. The van der Waals surface area contributed by atoms with Gasteiger partial charge in [-0.15, -0.1) is 11.3 Å². The molecule has 2 atom stereocenters. The van der Waals surface area contributed by atoms with Crippen LogP contribution in [0.1, 0.15) is 32.1 Å². The van der Waals surface area contributed by atoms with Crippen LogP contribution >= 0.6 is 27.3 Å². The largest absolute Gasteiger partial charge is 0.311 e. The van der Waals surface area contributed by atoms with Gasteiger partial charge in [-0.2, -0.15) is 0 Å². The second-order valence-electron chi connectivity index (χ2n) is 5.78. The van der Waals surface area contributed by atoms with Gasteiger partial charge in [-0.25, -0.2) is 0 Å². The fourth-order valence-corrected chi connectivity index (χ4v) is 4.30. The predicted molar refractivity (Wildman–Crippen MR) is 88.0 cm³/mol. The first-order valence-electron chi connectivity index (χ1n) is 7.31. The topological polar surface area (TPSA) is 15.3 Å². The number of piperazine rings is 1. The summed E-state index contributed by atoms with van der Waals surface area (Å²) >= 11 is 5.42. The lowest BCUT2D eigenvalue weighted by Crippen LogP contribution is -2.58. The van der Waals surface area contributed by atoms with Crippen molar-refractivity contribution in [3.63, 3.8) is 0 Å². The average Bonchev–Trinajstić information content (AvgIpc) is 2.81. The molecule has 1 saturated heterocycles. The molecule has 0 spiro atoms. The number of nitrogens with one attached hydrogen (secondary N) is 1. The SMILES string of the molecule is CCC1CN(CCc2ccc(Br)s2)C(C(C)C)CN1. The molecule has 0 aromatic carbocycles. The van der Waals surface area contributed by atoms with Gasteiger partial charge < -0.3 is 5.32 Å². The predicted octanol–water partition coefficient (Wildman–Crippen LogP) is 3.76. The normalized spacial score (nSPS) is 25.1. The number of rotatable bonds is 5. The molecule has 108 valence electrons. The maximum atomic E-state index is 3.69. The minimum absolute atomic E-state index is 0.671. The van der Waals surface area contributed by atoms with E-state index in [0.29, 0.717) is 12.1 Å². The lowest BCUT2D eigenvalue weighted by Gasteiger charge is -2.42. The zero-order valence-electron chi connectivity index (χ0n) is 12.2. The van der Waals surface area contributed by atoms with Crippen LogP contribution in [0.2, 0.25) is 0 Å². The van der Waals surface area contributed by atoms with Crippen LogP contribution in [0.15, 0.2) is 15.9 Å². The summed E-state index contributed by atoms with van der Waals surface area (Å²) in [5, 5.41) is 3.69. The molecule has 1 aromatic rings. The Balaban J connectivity index is 1.93. The standard InChI is InChI=1S/C15H25BrN2S/c1-4-12-10-18(14(9-17-12)11(2)3)8-7-13-5-6-15(16)19-13/h5-6,11-12,14,17H,4,7-10H2,1-3H3. The first kappa shape index (κ1) is 15.5. The van der Waals surface area contributed by atoms with Crippen LogP contribution in [0.5, 0.6) is 0 Å². The Morgan fingerprint density at radius 1 is 1.47 bits per heavy atom. The van der Waals surface area contributed by atoms with Gasteiger partial charge in [0.1, 0.15) is 0 Å². The van der Waals surface area contributed by atoms with E-state index in [-0.39, 0.29) is 0 Å². The Morgan fingerprint density at radius 3 is 2.84 bits per heavy atom. The fraction of sp³-hybridized carbons (Fsp3) is 0.733. The molecule has 2 heterocycles. The molecule has 1 aliphatic heterocycles. The van der Waals surface area contributed by atoms with E-state index in [9.17, 15) is 0 Å². The van der Waals surface area contributed by atoms with Gasteiger partial charge in [0.05, 0.1) is 3.79 Å². The Labute approximate surface area is 129 Å². The molecular formula is C15H25BrN2S. The highest BCUT2D eigenvalue weighted by molar-refractivity contribution is 9.11. The second kappa shape index (κ2) is 7.21. The summed E-state index contributed by atoms with van der Waals surface area (Å²) in [6.07, 6.45) is 2.40. The van der Waals surface area contributed by atoms with Gasteiger partial charge in [-0.05, 0) is 46.8 Å². The number of halogens is 1. The Morgan fingerprint density at radius 2 is 2.26 bits per heavy atom. The van der Waals surface area contributed by atoms with Crippen molar-refractivity contribution >= 4 is 27.3 Å². The highest BCUT2D eigenvalue weighted by Gasteiger charge is 2.28. The molecule has 19 heavy (non-hydrogen) atoms. The lowest BCUT2D eigenvalue weighted by molar-refractivity contribution is 0.0987. The first-order chi connectivity index (χ1) is 9.10. The zero-order chi connectivity index (χ0) is 13.8. The minimum Gasteiger partial charge on any atom is -0.311 e. The second-order valence-corrected chi connectivity index (χ2v) is 8.32. The van der Waals surface area contributed by atoms with E-state index in [0.717, 1.165) is 12.5 Å². The third kappa shape index (κ3) is 4.28. The van der Waals surface area contributed by atoms with Crippen molar-refractivity contribution in [3.05, 3.63) is 20.8 Å². The van der Waals surface area contributed by atoms with Crippen LogP contribution in [-0.4, -0.2) is 36.6 Å². The summed E-state index contributed by atoms with van der Waals surface area (Å²) in [4.78, 5) is 4.18. The van der Waals surface area contributed by atoms with Gasteiger partial charge >= 0.3 is 0 Å². The van der Waals surface area contributed by atoms with Crippen LogP contribution in [-0.2, 0) is 6.42 Å². The quantitative estimate of drug-likeness (QED) is 0.874. The Hall–Kier alpha value is 0.1000. The molecule has 2 nitrogen and oxygen atoms in total. The van der Waals surface area contributed by atoms with Crippen LogP contribution in [0.3, 0.4) is 0 Å². The maximum Gasteiger partial charge on any atom is 0.0701 e. The highest BCUT2D eigenvalue weighted by atomic mass is 79.9. The number of nitrogens with zero attached hydrogens (tertiary/aromatic N) is 1. The van der Waals surface area contributed by atoms with Crippen molar-refractivity contribution in [1.82, 2.24) is 10.2 Å². The summed E-state index contributed by atoms with van der Waals surface area (Å²) in [5.74, 6) is 0.723. The van der Waals surface area contributed by atoms with Crippen LogP contribution in [0, 0.1) is 5.92 Å². The van der Waals surface area contributed by atoms with Crippen LogP contribution in [0.4, 0.5) is 0 Å². The van der Waals surface area contributed by atoms with E-state index in [1.165, 1.54) is 34.6 Å². The summed E-state index contributed by atoms with van der Waals surface area (Å²) in [6, 6.07) is 5.77. The summed E-state index contributed by atoms with van der Waals surface area (Å²) in [6.45, 7) is 10.5. The third-order valence-electron chi connectivity index (χ3n) is 4.08. The molecule has 1 aromatic heterocycles. The molecule has 0 radical (unpaired) electrons. The van der Waals surface area contributed by atoms with Crippen LogP contribution < -0.4 is 5.32 Å². The van der Waals surface area contributed by atoms with Gasteiger partial charge in [0, 0.05) is 36.6 Å². The minimum atomic E-state index is 0.671. The van der Waals surface area contributed by atoms with E-state index in [2.05, 4.69) is 59.1 Å². The zero-order valence-corrected chi connectivity index (χ0v) is 14.6. The number of thiophene rings is 1. The van der Waals surface area contributed by atoms with Crippen molar-refractivity contribution in [3.8, 4) is 0 Å². The molecule has 0 saturated carbocycles. The molecule has 4 heteroatoms. The summed E-state index contributed by atoms with van der Waals surface area (Å²) in [7, 11) is 0. The fourth-order valence-electron chi connectivity index (χ4n) is 2.83. The molecule has 0 amide bonds. The van der Waals surface area contributed by atoms with Gasteiger partial charge in [0.25, 0.3) is 0 Å². The molecule has 0 bridgehead atoms. The van der Waals surface area contributed by atoms with Crippen molar-refractivity contribution in [1.29, 1.82) is 0 Å². The van der Waals surface area contributed by atoms with E-state index < -0.39 is 0 Å². The van der Waals surface area contributed by atoms with Crippen molar-refractivity contribution in [2.24, 2.45) is 5.92 Å². The van der Waals surface area contributed by atoms with Crippen molar-refractivity contribution < 1.29 is 0 Å². The average molecular weight is 345 g/mol. The highest BCUT2D eigenvalue weighted by Crippen LogP contribution is 2.23. The molecule has 1 aliphatic rings. The summed E-state index contributed by atoms with van der Waals surface area (Å²) in [5.41, 5.74) is 0. The third-order valence-corrected chi connectivity index (χ3v) is 5.76. The lowest BCUT2D eigenvalue weighted by atomic mass is 9.97. The van der Waals surface area contributed by atoms with E-state index >= 15 is 0 Å².